The molecule has 1 N–H and O–H groups in total. The summed E-state index contributed by atoms with van der Waals surface area (Å²) in [6.07, 6.45) is 6.22. The van der Waals surface area contributed by atoms with Gasteiger partial charge in [-0.1, -0.05) is 23.2 Å². The second-order valence-electron chi connectivity index (χ2n) is 3.61. The molecule has 0 unspecified atom stereocenters. The largest absolute Gasteiger partial charge is 0.352 e. The van der Waals surface area contributed by atoms with Crippen LogP contribution in [0.3, 0.4) is 0 Å². The van der Waals surface area contributed by atoms with Crippen LogP contribution < -0.4 is 5.32 Å². The van der Waals surface area contributed by atoms with Gasteiger partial charge in [-0.3, -0.25) is 14.9 Å². The topological polar surface area (TPSA) is 72.2 Å². The monoisotopic (exact) mass is 300 g/mol. The van der Waals surface area contributed by atoms with Crippen molar-refractivity contribution in [2.75, 3.05) is 6.54 Å². The standard InChI is InChI=1S/C12H10Cl2N2O3/c1-2-3-4-5-15-12(17)9-6-8(16(18)19)7-10(13)11(9)14/h1,6-7H,3-5H2,(H,15,17). The van der Waals surface area contributed by atoms with Crippen LogP contribution in [0.4, 0.5) is 5.69 Å². The van der Waals surface area contributed by atoms with Gasteiger partial charge in [-0.15, -0.1) is 12.3 Å². The minimum atomic E-state index is -0.642. The molecule has 0 atom stereocenters. The van der Waals surface area contributed by atoms with Crippen LogP contribution in [0.15, 0.2) is 12.1 Å². The summed E-state index contributed by atoms with van der Waals surface area (Å²) < 4.78 is 0. The van der Waals surface area contributed by atoms with Crippen molar-refractivity contribution >= 4 is 34.8 Å². The van der Waals surface area contributed by atoms with E-state index in [9.17, 15) is 14.9 Å². The molecular formula is C12H10Cl2N2O3. The van der Waals surface area contributed by atoms with Crippen LogP contribution in [0.25, 0.3) is 0 Å². The molecular weight excluding hydrogens is 291 g/mol. The number of hydrogen-bond acceptors (Lipinski definition) is 3. The number of nitro benzene ring substituents is 1. The van der Waals surface area contributed by atoms with E-state index in [1.165, 1.54) is 0 Å². The highest BCUT2D eigenvalue weighted by atomic mass is 35.5. The van der Waals surface area contributed by atoms with Gasteiger partial charge in [0.1, 0.15) is 0 Å². The van der Waals surface area contributed by atoms with E-state index in [-0.39, 0.29) is 21.3 Å². The summed E-state index contributed by atoms with van der Waals surface area (Å²) in [5, 5.41) is 13.2. The maximum atomic E-state index is 11.8. The van der Waals surface area contributed by atoms with E-state index in [2.05, 4.69) is 11.2 Å². The Balaban J connectivity index is 2.90. The zero-order valence-corrected chi connectivity index (χ0v) is 11.3. The normalized spacial score (nSPS) is 9.74. The first-order valence-corrected chi connectivity index (χ1v) is 6.08. The van der Waals surface area contributed by atoms with E-state index in [1.54, 1.807) is 0 Å². The Morgan fingerprint density at radius 1 is 1.47 bits per heavy atom. The molecule has 0 saturated carbocycles. The predicted molar refractivity (Wildman–Crippen MR) is 73.5 cm³/mol. The maximum Gasteiger partial charge on any atom is 0.271 e. The first-order chi connectivity index (χ1) is 8.97. The first kappa shape index (κ1) is 15.3. The second kappa shape index (κ2) is 6.98. The molecule has 0 spiro atoms. The maximum absolute atomic E-state index is 11.8. The lowest BCUT2D eigenvalue weighted by molar-refractivity contribution is -0.384. The van der Waals surface area contributed by atoms with Gasteiger partial charge < -0.3 is 5.32 Å². The Bertz CT molecular complexity index is 553. The Labute approximate surface area is 120 Å². The van der Waals surface area contributed by atoms with Crippen LogP contribution >= 0.6 is 23.2 Å². The molecule has 0 fully saturated rings. The van der Waals surface area contributed by atoms with Crippen LogP contribution in [0.1, 0.15) is 23.2 Å². The Morgan fingerprint density at radius 3 is 2.74 bits per heavy atom. The molecule has 1 amide bonds. The Hall–Kier alpha value is -1.77. The molecule has 0 aromatic heterocycles. The molecule has 0 heterocycles. The number of nitro groups is 1. The highest BCUT2D eigenvalue weighted by Crippen LogP contribution is 2.30. The fourth-order valence-electron chi connectivity index (χ4n) is 1.33. The zero-order chi connectivity index (χ0) is 14.4. The lowest BCUT2D eigenvalue weighted by atomic mass is 10.2. The third kappa shape index (κ3) is 4.12. The smallest absolute Gasteiger partial charge is 0.271 e. The quantitative estimate of drug-likeness (QED) is 0.393. The van der Waals surface area contributed by atoms with Crippen molar-refractivity contribution in [3.05, 3.63) is 37.9 Å². The molecule has 7 heteroatoms. The molecule has 0 aliphatic heterocycles. The second-order valence-corrected chi connectivity index (χ2v) is 4.39. The van der Waals surface area contributed by atoms with Crippen LogP contribution in [0, 0.1) is 22.5 Å². The third-order valence-electron chi connectivity index (χ3n) is 2.25. The van der Waals surface area contributed by atoms with Gasteiger partial charge in [0.25, 0.3) is 11.6 Å². The summed E-state index contributed by atoms with van der Waals surface area (Å²) in [6, 6.07) is 2.18. The highest BCUT2D eigenvalue weighted by Gasteiger charge is 2.19. The summed E-state index contributed by atoms with van der Waals surface area (Å²) in [4.78, 5) is 21.9. The van der Waals surface area contributed by atoms with Crippen molar-refractivity contribution in [1.29, 1.82) is 0 Å². The van der Waals surface area contributed by atoms with E-state index in [1.807, 2.05) is 0 Å². The fraction of sp³-hybridized carbons (Fsp3) is 0.250. The van der Waals surface area contributed by atoms with Crippen molar-refractivity contribution < 1.29 is 9.72 Å². The van der Waals surface area contributed by atoms with Crippen LogP contribution in [0.5, 0.6) is 0 Å². The number of unbranched alkanes of at least 4 members (excludes halogenated alkanes) is 1. The van der Waals surface area contributed by atoms with Crippen molar-refractivity contribution in [3.63, 3.8) is 0 Å². The molecule has 0 saturated heterocycles. The fourth-order valence-corrected chi connectivity index (χ4v) is 1.74. The van der Waals surface area contributed by atoms with E-state index in [0.29, 0.717) is 19.4 Å². The number of amides is 1. The number of non-ortho nitro benzene ring substituents is 1. The van der Waals surface area contributed by atoms with Crippen LogP contribution in [-0.4, -0.2) is 17.4 Å². The third-order valence-corrected chi connectivity index (χ3v) is 3.05. The van der Waals surface area contributed by atoms with Crippen LogP contribution in [0.2, 0.25) is 10.0 Å². The number of rotatable bonds is 5. The van der Waals surface area contributed by atoms with Gasteiger partial charge in [0, 0.05) is 25.1 Å². The molecule has 19 heavy (non-hydrogen) atoms. The number of carbonyl (C=O) groups excluding carboxylic acids is 1. The van der Waals surface area contributed by atoms with E-state index in [0.717, 1.165) is 12.1 Å². The van der Waals surface area contributed by atoms with Crippen molar-refractivity contribution in [2.24, 2.45) is 0 Å². The molecule has 100 valence electrons. The van der Waals surface area contributed by atoms with Gasteiger partial charge >= 0.3 is 0 Å². The lowest BCUT2D eigenvalue weighted by Gasteiger charge is -2.07. The van der Waals surface area contributed by atoms with E-state index >= 15 is 0 Å². The summed E-state index contributed by atoms with van der Waals surface area (Å²) in [5.41, 5.74) is -0.315. The summed E-state index contributed by atoms with van der Waals surface area (Å²) in [7, 11) is 0. The van der Waals surface area contributed by atoms with Gasteiger partial charge in [0.15, 0.2) is 0 Å². The molecule has 1 rings (SSSR count). The van der Waals surface area contributed by atoms with Crippen LogP contribution in [-0.2, 0) is 0 Å². The minimum absolute atomic E-state index is 0.0123. The SMILES string of the molecule is C#CCCCNC(=O)c1cc([N+](=O)[O-])cc(Cl)c1Cl. The molecule has 0 radical (unpaired) electrons. The number of hydrogen-bond donors (Lipinski definition) is 1. The Kier molecular flexibility index (Phi) is 5.61. The summed E-state index contributed by atoms with van der Waals surface area (Å²) in [6.45, 7) is 0.361. The predicted octanol–water partition coefficient (Wildman–Crippen LogP) is 3.04. The van der Waals surface area contributed by atoms with Crippen molar-refractivity contribution in [1.82, 2.24) is 5.32 Å². The average Bonchev–Trinajstić information content (AvgIpc) is 2.37. The number of nitrogens with one attached hydrogen (secondary N) is 1. The van der Waals surface area contributed by atoms with Gasteiger partial charge in [0.05, 0.1) is 20.5 Å². The number of carbonyl (C=O) groups is 1. The zero-order valence-electron chi connectivity index (χ0n) is 9.78. The van der Waals surface area contributed by atoms with Crippen molar-refractivity contribution in [2.45, 2.75) is 12.8 Å². The number of benzene rings is 1. The van der Waals surface area contributed by atoms with Gasteiger partial charge in [-0.2, -0.15) is 0 Å². The number of halogens is 2. The van der Waals surface area contributed by atoms with Gasteiger partial charge in [-0.05, 0) is 6.42 Å². The van der Waals surface area contributed by atoms with Crippen molar-refractivity contribution in [3.8, 4) is 12.3 Å². The summed E-state index contributed by atoms with van der Waals surface area (Å²) in [5.74, 6) is 1.92. The highest BCUT2D eigenvalue weighted by molar-refractivity contribution is 6.44. The average molecular weight is 301 g/mol. The van der Waals surface area contributed by atoms with E-state index in [4.69, 9.17) is 29.6 Å². The number of nitrogens with zero attached hydrogens (tertiary/aromatic N) is 1. The van der Waals surface area contributed by atoms with E-state index < -0.39 is 10.8 Å². The molecule has 1 aromatic carbocycles. The summed E-state index contributed by atoms with van der Waals surface area (Å²) >= 11 is 11.6. The first-order valence-electron chi connectivity index (χ1n) is 5.32. The molecule has 0 aliphatic carbocycles. The number of terminal acetylenes is 1. The minimum Gasteiger partial charge on any atom is -0.352 e. The van der Waals surface area contributed by atoms with Gasteiger partial charge in [0.2, 0.25) is 0 Å². The molecule has 0 aliphatic rings. The molecule has 0 bridgehead atoms. The Morgan fingerprint density at radius 2 is 2.16 bits per heavy atom. The lowest BCUT2D eigenvalue weighted by Crippen LogP contribution is -2.24. The van der Waals surface area contributed by atoms with Gasteiger partial charge in [-0.25, -0.2) is 0 Å². The molecule has 1 aromatic rings. The molecule has 5 nitrogen and oxygen atoms in total.